The van der Waals surface area contributed by atoms with Gasteiger partial charge in [0.1, 0.15) is 13.2 Å². The van der Waals surface area contributed by atoms with E-state index in [1.165, 1.54) is 135 Å². The van der Waals surface area contributed by atoms with Crippen LogP contribution in [0.25, 0.3) is 0 Å². The van der Waals surface area contributed by atoms with Crippen LogP contribution in [-0.2, 0) is 18.4 Å². The molecule has 0 aliphatic carbocycles. The van der Waals surface area contributed by atoms with Crippen molar-refractivity contribution in [3.8, 4) is 0 Å². The van der Waals surface area contributed by atoms with E-state index < -0.39 is 20.0 Å². The molecule has 432 valence electrons. The zero-order valence-electron chi connectivity index (χ0n) is 49.3. The number of nitrogens with zero attached hydrogens (tertiary/aromatic N) is 1. The van der Waals surface area contributed by atoms with Gasteiger partial charge in [-0.2, -0.15) is 0 Å². The molecule has 3 N–H and O–H groups in total. The molecule has 0 bridgehead atoms. The second kappa shape index (κ2) is 55.9. The number of allylic oxidation sites excluding steroid dienone is 17. The average Bonchev–Trinajstić information content (AvgIpc) is 3.37. The number of phosphoric acid groups is 1. The summed E-state index contributed by atoms with van der Waals surface area (Å²) < 4.78 is 23.7. The lowest BCUT2D eigenvalue weighted by molar-refractivity contribution is -0.870. The predicted octanol–water partition coefficient (Wildman–Crippen LogP) is 19.2. The summed E-state index contributed by atoms with van der Waals surface area (Å²) in [7, 11) is 1.53. The van der Waals surface area contributed by atoms with Crippen LogP contribution in [-0.4, -0.2) is 73.4 Å². The summed E-state index contributed by atoms with van der Waals surface area (Å²) in [6.45, 7) is 4.67. The van der Waals surface area contributed by atoms with Crippen LogP contribution in [0.5, 0.6) is 0 Å². The standard InChI is InChI=1S/C66H117N2O6P/c1-6-8-10-12-14-16-18-20-22-24-26-28-30-32-34-36-38-40-42-44-46-48-50-52-54-56-58-60-66(70)67-64(63-74-75(71,72)73-62-61-68(3,4)5)65(69)59-57-55-53-51-49-47-45-43-41-39-37-35-33-31-29-27-25-23-21-19-17-15-13-11-9-7-2/h8,10,14,16,20,22,26,28,32,34,38,40-41,43,49,51,57,59,64-65,69H,6-7,9,11-13,15,17-19,21,23-25,27,29-31,33,35-37,39,42,44-48,50,52-56,58,60-63H2,1-5H3,(H-,67,70,71,72)/p+1/b10-8-,16-14-,22-20-,28-26-,34-32-,40-38-,43-41+,51-49+,59-57+. The first-order valence-corrected chi connectivity index (χ1v) is 32.3. The number of carbonyl (C=O) groups excluding carboxylic acids is 1. The quantitative estimate of drug-likeness (QED) is 0.0243. The molecule has 0 aliphatic rings. The number of phosphoric ester groups is 1. The Hall–Kier alpha value is -2.84. The van der Waals surface area contributed by atoms with Crippen LogP contribution in [0.2, 0.25) is 0 Å². The predicted molar refractivity (Wildman–Crippen MR) is 327 cm³/mol. The first-order valence-electron chi connectivity index (χ1n) is 30.8. The molecule has 0 aromatic rings. The minimum absolute atomic E-state index is 0.0461. The van der Waals surface area contributed by atoms with E-state index >= 15 is 0 Å². The number of likely N-dealkylation sites (N-methyl/N-ethyl adjacent to an activating group) is 1. The van der Waals surface area contributed by atoms with Crippen LogP contribution < -0.4 is 5.32 Å². The molecule has 0 rings (SSSR count). The van der Waals surface area contributed by atoms with Crippen LogP contribution in [0.15, 0.2) is 109 Å². The van der Waals surface area contributed by atoms with E-state index in [-0.39, 0.29) is 19.1 Å². The summed E-state index contributed by atoms with van der Waals surface area (Å²) in [5.41, 5.74) is 0. The van der Waals surface area contributed by atoms with Gasteiger partial charge in [-0.1, -0.05) is 258 Å². The van der Waals surface area contributed by atoms with Gasteiger partial charge in [0, 0.05) is 6.42 Å². The van der Waals surface area contributed by atoms with Crippen molar-refractivity contribution in [3.63, 3.8) is 0 Å². The molecule has 0 saturated heterocycles. The number of aliphatic hydroxyl groups is 1. The summed E-state index contributed by atoms with van der Waals surface area (Å²) in [5, 5.41) is 13.9. The first kappa shape index (κ1) is 72.2. The summed E-state index contributed by atoms with van der Waals surface area (Å²) in [4.78, 5) is 23.3. The van der Waals surface area contributed by atoms with Crippen molar-refractivity contribution in [2.45, 2.75) is 264 Å². The Morgan fingerprint density at radius 3 is 1.23 bits per heavy atom. The van der Waals surface area contributed by atoms with Crippen molar-refractivity contribution in [3.05, 3.63) is 109 Å². The normalized spacial score (nSPS) is 14.6. The van der Waals surface area contributed by atoms with Crippen LogP contribution in [0.1, 0.15) is 251 Å². The maximum atomic E-state index is 13.0. The Kier molecular flexibility index (Phi) is 53.8. The first-order chi connectivity index (χ1) is 36.5. The molecule has 3 unspecified atom stereocenters. The molecule has 3 atom stereocenters. The van der Waals surface area contributed by atoms with Crippen molar-refractivity contribution >= 4 is 13.7 Å². The third-order valence-corrected chi connectivity index (χ3v) is 14.2. The molecule has 0 radical (unpaired) electrons. The fraction of sp³-hybridized carbons (Fsp3) is 0.712. The van der Waals surface area contributed by atoms with Gasteiger partial charge in [-0.3, -0.25) is 13.8 Å². The number of nitrogens with one attached hydrogen (secondary N) is 1. The van der Waals surface area contributed by atoms with Crippen molar-refractivity contribution < 1.29 is 32.9 Å². The summed E-state index contributed by atoms with van der Waals surface area (Å²) in [6, 6.07) is -0.884. The molecule has 0 saturated carbocycles. The van der Waals surface area contributed by atoms with Gasteiger partial charge < -0.3 is 19.8 Å². The largest absolute Gasteiger partial charge is 0.472 e. The van der Waals surface area contributed by atoms with Crippen LogP contribution in [0.3, 0.4) is 0 Å². The van der Waals surface area contributed by atoms with E-state index in [1.54, 1.807) is 6.08 Å². The van der Waals surface area contributed by atoms with E-state index in [0.717, 1.165) is 96.3 Å². The Labute approximate surface area is 463 Å². The zero-order valence-corrected chi connectivity index (χ0v) is 50.1. The third-order valence-electron chi connectivity index (χ3n) is 13.2. The fourth-order valence-electron chi connectivity index (χ4n) is 8.43. The Morgan fingerprint density at radius 1 is 0.467 bits per heavy atom. The maximum absolute atomic E-state index is 13.0. The van der Waals surface area contributed by atoms with Gasteiger partial charge in [0.25, 0.3) is 0 Å². The molecular weight excluding hydrogens is 948 g/mol. The summed E-state index contributed by atoms with van der Waals surface area (Å²) in [6.07, 6.45) is 82.0. The third kappa shape index (κ3) is 58.7. The number of rotatable bonds is 55. The molecule has 8 nitrogen and oxygen atoms in total. The lowest BCUT2D eigenvalue weighted by Gasteiger charge is -2.25. The van der Waals surface area contributed by atoms with Gasteiger partial charge in [0.15, 0.2) is 0 Å². The molecule has 0 aliphatic heterocycles. The Morgan fingerprint density at radius 2 is 0.813 bits per heavy atom. The number of aliphatic hydroxyl groups excluding tert-OH is 1. The SMILES string of the molecule is CC/C=C\C/C=C\C/C=C\C/C=C\C/C=C\C/C=C\CCCCCCCCCCC(=O)NC(COP(=O)(O)OCC[N+](C)(C)C)C(O)/C=C/CC/C=C/CC/C=C/CCCCCCCCCCCCCCCCCC. The second-order valence-corrected chi connectivity index (χ2v) is 23.1. The highest BCUT2D eigenvalue weighted by molar-refractivity contribution is 7.47. The second-order valence-electron chi connectivity index (χ2n) is 21.7. The van der Waals surface area contributed by atoms with Crippen molar-refractivity contribution in [1.29, 1.82) is 0 Å². The minimum Gasteiger partial charge on any atom is -0.387 e. The summed E-state index contributed by atoms with van der Waals surface area (Å²) >= 11 is 0. The zero-order chi connectivity index (χ0) is 54.9. The van der Waals surface area contributed by atoms with E-state index in [2.05, 4.69) is 116 Å². The van der Waals surface area contributed by atoms with Gasteiger partial charge in [0.2, 0.25) is 5.91 Å². The minimum atomic E-state index is -4.37. The fourth-order valence-corrected chi connectivity index (χ4v) is 9.17. The van der Waals surface area contributed by atoms with E-state index in [4.69, 9.17) is 9.05 Å². The van der Waals surface area contributed by atoms with Gasteiger partial charge in [0.05, 0.1) is 39.9 Å². The molecular formula is C66H118N2O6P+. The number of quaternary nitrogens is 1. The van der Waals surface area contributed by atoms with Gasteiger partial charge >= 0.3 is 7.82 Å². The molecule has 0 aromatic heterocycles. The highest BCUT2D eigenvalue weighted by atomic mass is 31.2. The molecule has 9 heteroatoms. The van der Waals surface area contributed by atoms with E-state index in [0.29, 0.717) is 17.4 Å². The average molecular weight is 1070 g/mol. The lowest BCUT2D eigenvalue weighted by Crippen LogP contribution is -2.45. The number of amides is 1. The smallest absolute Gasteiger partial charge is 0.387 e. The van der Waals surface area contributed by atoms with Crippen LogP contribution >= 0.6 is 7.82 Å². The Bertz CT molecular complexity index is 1590. The molecule has 0 heterocycles. The molecule has 0 spiro atoms. The lowest BCUT2D eigenvalue weighted by atomic mass is 10.0. The molecule has 0 fully saturated rings. The number of carbonyl (C=O) groups is 1. The number of hydrogen-bond donors (Lipinski definition) is 3. The highest BCUT2D eigenvalue weighted by Gasteiger charge is 2.27. The number of hydrogen-bond acceptors (Lipinski definition) is 5. The van der Waals surface area contributed by atoms with Crippen LogP contribution in [0.4, 0.5) is 0 Å². The van der Waals surface area contributed by atoms with E-state index in [1.807, 2.05) is 27.2 Å². The molecule has 0 aromatic carbocycles. The van der Waals surface area contributed by atoms with Crippen molar-refractivity contribution in [2.75, 3.05) is 40.9 Å². The van der Waals surface area contributed by atoms with Gasteiger partial charge in [-0.05, 0) is 96.3 Å². The molecule has 1 amide bonds. The van der Waals surface area contributed by atoms with Crippen molar-refractivity contribution in [2.24, 2.45) is 0 Å². The summed E-state index contributed by atoms with van der Waals surface area (Å²) in [5.74, 6) is -0.203. The van der Waals surface area contributed by atoms with Gasteiger partial charge in [-0.25, -0.2) is 4.57 Å². The van der Waals surface area contributed by atoms with E-state index in [9.17, 15) is 19.4 Å². The maximum Gasteiger partial charge on any atom is 0.472 e. The van der Waals surface area contributed by atoms with Crippen molar-refractivity contribution in [1.82, 2.24) is 5.32 Å². The molecule has 75 heavy (non-hydrogen) atoms. The monoisotopic (exact) mass is 1070 g/mol. The number of unbranched alkanes of at least 4 members (excludes halogenated alkanes) is 26. The Balaban J connectivity index is 4.30. The topological polar surface area (TPSA) is 105 Å². The van der Waals surface area contributed by atoms with Gasteiger partial charge in [-0.15, -0.1) is 0 Å². The van der Waals surface area contributed by atoms with Crippen LogP contribution in [0, 0.1) is 0 Å². The highest BCUT2D eigenvalue weighted by Crippen LogP contribution is 2.43.